The quantitative estimate of drug-likeness (QED) is 0.242. The van der Waals surface area contributed by atoms with Gasteiger partial charge in [0.1, 0.15) is 12.4 Å². The van der Waals surface area contributed by atoms with Crippen LogP contribution in [0.4, 0.5) is 29.3 Å². The number of hydrogen-bond donors (Lipinski definition) is 2. The SMILES string of the molecule is Fc1ccc(-c2cnc3nc(NCc4csc(-c5ccccc5)c4)nc(NCC(F)(F)F)c3n2)cc1. The summed E-state index contributed by atoms with van der Waals surface area (Å²) < 4.78 is 52.1. The molecule has 2 aromatic carbocycles. The van der Waals surface area contributed by atoms with Gasteiger partial charge in [-0.05, 0) is 46.8 Å². The number of rotatable bonds is 7. The zero-order chi connectivity index (χ0) is 25.1. The molecule has 0 bridgehead atoms. The summed E-state index contributed by atoms with van der Waals surface area (Å²) in [4.78, 5) is 18.4. The van der Waals surface area contributed by atoms with Crippen molar-refractivity contribution in [3.8, 4) is 21.7 Å². The molecule has 0 atom stereocenters. The number of benzene rings is 2. The van der Waals surface area contributed by atoms with Crippen molar-refractivity contribution >= 4 is 34.3 Å². The van der Waals surface area contributed by atoms with Gasteiger partial charge in [0, 0.05) is 17.0 Å². The fourth-order valence-corrected chi connectivity index (χ4v) is 4.38. The van der Waals surface area contributed by atoms with Gasteiger partial charge in [0.05, 0.1) is 11.9 Å². The van der Waals surface area contributed by atoms with Gasteiger partial charge in [-0.1, -0.05) is 30.3 Å². The second kappa shape index (κ2) is 9.86. The molecule has 0 aliphatic carbocycles. The summed E-state index contributed by atoms with van der Waals surface area (Å²) in [7, 11) is 0. The highest BCUT2D eigenvalue weighted by Crippen LogP contribution is 2.28. The van der Waals surface area contributed by atoms with Crippen molar-refractivity contribution in [2.45, 2.75) is 12.7 Å². The first-order valence-corrected chi connectivity index (χ1v) is 11.7. The van der Waals surface area contributed by atoms with Crippen molar-refractivity contribution in [2.75, 3.05) is 17.2 Å². The Morgan fingerprint density at radius 3 is 2.39 bits per heavy atom. The zero-order valence-corrected chi connectivity index (χ0v) is 19.4. The van der Waals surface area contributed by atoms with E-state index >= 15 is 0 Å². The molecule has 3 aromatic heterocycles. The van der Waals surface area contributed by atoms with E-state index in [2.05, 4.69) is 30.6 Å². The van der Waals surface area contributed by atoms with E-state index in [-0.39, 0.29) is 22.9 Å². The lowest BCUT2D eigenvalue weighted by Gasteiger charge is -2.13. The van der Waals surface area contributed by atoms with Crippen molar-refractivity contribution < 1.29 is 17.6 Å². The van der Waals surface area contributed by atoms with E-state index in [1.54, 1.807) is 11.3 Å². The normalized spacial score (nSPS) is 11.6. The molecule has 5 aromatic rings. The first kappa shape index (κ1) is 23.6. The Morgan fingerprint density at radius 2 is 1.64 bits per heavy atom. The number of fused-ring (bicyclic) bond motifs is 1. The molecule has 0 unspecified atom stereocenters. The van der Waals surface area contributed by atoms with Crippen LogP contribution in [0.5, 0.6) is 0 Å². The van der Waals surface area contributed by atoms with E-state index in [0.717, 1.165) is 16.0 Å². The second-order valence-corrected chi connectivity index (χ2v) is 8.75. The van der Waals surface area contributed by atoms with Gasteiger partial charge in [-0.15, -0.1) is 11.3 Å². The molecule has 11 heteroatoms. The summed E-state index contributed by atoms with van der Waals surface area (Å²) in [6.07, 6.45) is -3.03. The molecule has 0 radical (unpaired) electrons. The number of halogens is 4. The van der Waals surface area contributed by atoms with Crippen LogP contribution in [-0.4, -0.2) is 32.7 Å². The van der Waals surface area contributed by atoms with Crippen molar-refractivity contribution in [1.29, 1.82) is 0 Å². The van der Waals surface area contributed by atoms with Crippen molar-refractivity contribution in [3.63, 3.8) is 0 Å². The molecule has 0 saturated carbocycles. The third kappa shape index (κ3) is 5.57. The summed E-state index contributed by atoms with van der Waals surface area (Å²) in [6.45, 7) is -0.930. The number of anilines is 2. The van der Waals surface area contributed by atoms with Crippen molar-refractivity contribution in [2.24, 2.45) is 0 Å². The largest absolute Gasteiger partial charge is 0.405 e. The maximum atomic E-state index is 13.3. The van der Waals surface area contributed by atoms with Crippen LogP contribution in [0.2, 0.25) is 0 Å². The molecule has 5 rings (SSSR count). The molecule has 0 aliphatic heterocycles. The van der Waals surface area contributed by atoms with Crippen LogP contribution >= 0.6 is 11.3 Å². The number of thiophene rings is 1. The minimum atomic E-state index is -4.46. The van der Waals surface area contributed by atoms with Gasteiger partial charge in [-0.25, -0.2) is 14.4 Å². The maximum absolute atomic E-state index is 13.3. The fraction of sp³-hybridized carbons (Fsp3) is 0.120. The predicted octanol–water partition coefficient (Wildman–Crippen LogP) is 6.54. The fourth-order valence-electron chi connectivity index (χ4n) is 3.46. The molecule has 0 fully saturated rings. The van der Waals surface area contributed by atoms with E-state index in [1.165, 1.54) is 30.5 Å². The van der Waals surface area contributed by atoms with Crippen LogP contribution in [0.25, 0.3) is 32.9 Å². The highest BCUT2D eigenvalue weighted by atomic mass is 32.1. The average molecular weight is 511 g/mol. The summed E-state index contributed by atoms with van der Waals surface area (Å²) in [5.41, 5.74) is 3.19. The first-order valence-electron chi connectivity index (χ1n) is 10.8. The smallest absolute Gasteiger partial charge is 0.359 e. The monoisotopic (exact) mass is 510 g/mol. The zero-order valence-electron chi connectivity index (χ0n) is 18.6. The number of hydrogen-bond acceptors (Lipinski definition) is 7. The van der Waals surface area contributed by atoms with Crippen LogP contribution in [0, 0.1) is 5.82 Å². The Hall–Kier alpha value is -4.12. The van der Waals surface area contributed by atoms with E-state index in [4.69, 9.17) is 0 Å². The van der Waals surface area contributed by atoms with Gasteiger partial charge in [-0.2, -0.15) is 23.1 Å². The highest BCUT2D eigenvalue weighted by molar-refractivity contribution is 7.13. The molecule has 2 N–H and O–H groups in total. The molecule has 36 heavy (non-hydrogen) atoms. The van der Waals surface area contributed by atoms with Gasteiger partial charge in [-0.3, -0.25) is 0 Å². The summed E-state index contributed by atoms with van der Waals surface area (Å²) in [6, 6.07) is 17.5. The summed E-state index contributed by atoms with van der Waals surface area (Å²) in [5, 5.41) is 7.36. The van der Waals surface area contributed by atoms with E-state index in [9.17, 15) is 17.6 Å². The Bertz CT molecular complexity index is 1490. The molecule has 182 valence electrons. The number of aromatic nitrogens is 4. The Labute approximate surface area is 207 Å². The summed E-state index contributed by atoms with van der Waals surface area (Å²) >= 11 is 1.59. The lowest BCUT2D eigenvalue weighted by molar-refractivity contribution is -0.115. The highest BCUT2D eigenvalue weighted by Gasteiger charge is 2.27. The molecule has 6 nitrogen and oxygen atoms in total. The second-order valence-electron chi connectivity index (χ2n) is 7.84. The van der Waals surface area contributed by atoms with Crippen LogP contribution in [0.15, 0.2) is 72.2 Å². The van der Waals surface area contributed by atoms with E-state index in [1.807, 2.05) is 41.8 Å². The molecular formula is C25H18F4N6S. The Morgan fingerprint density at radius 1 is 0.861 bits per heavy atom. The maximum Gasteiger partial charge on any atom is 0.405 e. The lowest BCUT2D eigenvalue weighted by Crippen LogP contribution is -2.22. The lowest BCUT2D eigenvalue weighted by atomic mass is 10.1. The molecule has 0 spiro atoms. The average Bonchev–Trinajstić information content (AvgIpc) is 3.35. The van der Waals surface area contributed by atoms with E-state index in [0.29, 0.717) is 17.8 Å². The Balaban J connectivity index is 1.43. The van der Waals surface area contributed by atoms with Gasteiger partial charge >= 0.3 is 6.18 Å². The predicted molar refractivity (Wildman–Crippen MR) is 132 cm³/mol. The molecule has 0 aliphatic rings. The van der Waals surface area contributed by atoms with Crippen LogP contribution < -0.4 is 10.6 Å². The number of alkyl halides is 3. The third-order valence-electron chi connectivity index (χ3n) is 5.17. The van der Waals surface area contributed by atoms with Crippen LogP contribution in [0.1, 0.15) is 5.56 Å². The molecule has 3 heterocycles. The summed E-state index contributed by atoms with van der Waals surface area (Å²) in [5.74, 6) is -0.407. The van der Waals surface area contributed by atoms with Crippen molar-refractivity contribution in [3.05, 3.63) is 83.6 Å². The van der Waals surface area contributed by atoms with Crippen molar-refractivity contribution in [1.82, 2.24) is 19.9 Å². The molecule has 0 amide bonds. The topological polar surface area (TPSA) is 75.6 Å². The van der Waals surface area contributed by atoms with Gasteiger partial charge in [0.25, 0.3) is 0 Å². The van der Waals surface area contributed by atoms with Crippen LogP contribution in [-0.2, 0) is 6.54 Å². The molecule has 0 saturated heterocycles. The standard InChI is InChI=1S/C25H18F4N6S/c26-18-8-6-16(7-9-18)19-12-30-22-21(33-19)23(32-14-25(27,28)29)35-24(34-22)31-11-15-10-20(36-13-15)17-4-2-1-3-5-17/h1-10,12-13H,11,14H2,(H2,30,31,32,34,35). The molecular weight excluding hydrogens is 492 g/mol. The van der Waals surface area contributed by atoms with Crippen LogP contribution in [0.3, 0.4) is 0 Å². The van der Waals surface area contributed by atoms with Gasteiger partial charge < -0.3 is 10.6 Å². The minimum Gasteiger partial charge on any atom is -0.359 e. The van der Waals surface area contributed by atoms with E-state index < -0.39 is 18.5 Å². The van der Waals surface area contributed by atoms with Gasteiger partial charge in [0.15, 0.2) is 17.0 Å². The third-order valence-corrected chi connectivity index (χ3v) is 6.19. The number of nitrogens with one attached hydrogen (secondary N) is 2. The minimum absolute atomic E-state index is 0.0773. The number of nitrogens with zero attached hydrogens (tertiary/aromatic N) is 4. The van der Waals surface area contributed by atoms with Gasteiger partial charge in [0.2, 0.25) is 5.95 Å². The Kier molecular flexibility index (Phi) is 6.47. The first-order chi connectivity index (χ1) is 17.3.